The van der Waals surface area contributed by atoms with E-state index in [-0.39, 0.29) is 16.7 Å². The molecule has 0 fully saturated rings. The van der Waals surface area contributed by atoms with E-state index in [0.717, 1.165) is 11.1 Å². The number of aromatic nitrogens is 2. The molecule has 0 aliphatic heterocycles. The van der Waals surface area contributed by atoms with Crippen LogP contribution in [-0.4, -0.2) is 20.9 Å². The van der Waals surface area contributed by atoms with E-state index in [2.05, 4.69) is 10.4 Å². The third-order valence-corrected chi connectivity index (χ3v) is 5.34. The highest BCUT2D eigenvalue weighted by molar-refractivity contribution is 8.00. The van der Waals surface area contributed by atoms with Crippen molar-refractivity contribution in [2.24, 2.45) is 0 Å². The van der Waals surface area contributed by atoms with Crippen LogP contribution in [0.25, 0.3) is 5.69 Å². The van der Waals surface area contributed by atoms with Gasteiger partial charge in [-0.2, -0.15) is 9.78 Å². The summed E-state index contributed by atoms with van der Waals surface area (Å²) in [5, 5.41) is 7.65. The molecule has 28 heavy (non-hydrogen) atoms. The SMILES string of the molecule is Cc1ccc(CNC(=O)[C@H](C)Sc2ccc(=O)n(-c3ccc(C)cc3)n2)cc1. The van der Waals surface area contributed by atoms with Gasteiger partial charge in [-0.15, -0.1) is 0 Å². The van der Waals surface area contributed by atoms with Gasteiger partial charge in [0, 0.05) is 12.6 Å². The third kappa shape index (κ3) is 5.10. The van der Waals surface area contributed by atoms with Crippen molar-refractivity contribution < 1.29 is 4.79 Å². The minimum atomic E-state index is -0.332. The number of hydrogen-bond acceptors (Lipinski definition) is 4. The molecule has 0 radical (unpaired) electrons. The van der Waals surface area contributed by atoms with Gasteiger partial charge in [-0.25, -0.2) is 0 Å². The van der Waals surface area contributed by atoms with Crippen molar-refractivity contribution in [1.82, 2.24) is 15.1 Å². The van der Waals surface area contributed by atoms with Crippen LogP contribution < -0.4 is 10.9 Å². The fourth-order valence-electron chi connectivity index (χ4n) is 2.60. The molecule has 6 heteroatoms. The van der Waals surface area contributed by atoms with E-state index in [9.17, 15) is 9.59 Å². The van der Waals surface area contributed by atoms with Crippen molar-refractivity contribution in [2.75, 3.05) is 0 Å². The maximum atomic E-state index is 12.4. The summed E-state index contributed by atoms with van der Waals surface area (Å²) < 4.78 is 1.36. The summed E-state index contributed by atoms with van der Waals surface area (Å²) in [5.41, 5.74) is 3.86. The van der Waals surface area contributed by atoms with Crippen molar-refractivity contribution in [3.8, 4) is 5.69 Å². The molecule has 0 saturated carbocycles. The number of benzene rings is 2. The summed E-state index contributed by atoms with van der Waals surface area (Å²) >= 11 is 1.33. The molecule has 0 aliphatic carbocycles. The number of carbonyl (C=O) groups is 1. The van der Waals surface area contributed by atoms with Crippen LogP contribution in [0.4, 0.5) is 0 Å². The van der Waals surface area contributed by atoms with Crippen molar-refractivity contribution in [3.05, 3.63) is 87.7 Å². The van der Waals surface area contributed by atoms with Crippen LogP contribution in [0.2, 0.25) is 0 Å². The fourth-order valence-corrected chi connectivity index (χ4v) is 3.43. The quantitative estimate of drug-likeness (QED) is 0.650. The van der Waals surface area contributed by atoms with E-state index in [1.807, 2.05) is 69.3 Å². The van der Waals surface area contributed by atoms with Crippen LogP contribution in [0, 0.1) is 13.8 Å². The zero-order chi connectivity index (χ0) is 20.1. The molecule has 5 nitrogen and oxygen atoms in total. The molecule has 0 aliphatic rings. The number of amides is 1. The molecule has 1 heterocycles. The molecule has 2 aromatic carbocycles. The van der Waals surface area contributed by atoms with Gasteiger partial charge < -0.3 is 5.32 Å². The summed E-state index contributed by atoms with van der Waals surface area (Å²) in [6, 6.07) is 18.8. The number of hydrogen-bond donors (Lipinski definition) is 1. The maximum Gasteiger partial charge on any atom is 0.271 e. The van der Waals surface area contributed by atoms with Crippen LogP contribution in [0.1, 0.15) is 23.6 Å². The molecule has 1 amide bonds. The van der Waals surface area contributed by atoms with E-state index < -0.39 is 0 Å². The van der Waals surface area contributed by atoms with E-state index in [1.165, 1.54) is 28.1 Å². The Kier molecular flexibility index (Phi) is 6.31. The van der Waals surface area contributed by atoms with Gasteiger partial charge >= 0.3 is 0 Å². The third-order valence-electron chi connectivity index (χ3n) is 4.31. The predicted octanol–water partition coefficient (Wildman–Crippen LogP) is 3.65. The summed E-state index contributed by atoms with van der Waals surface area (Å²) in [7, 11) is 0. The average Bonchev–Trinajstić information content (AvgIpc) is 2.69. The normalized spacial score (nSPS) is 11.8. The smallest absolute Gasteiger partial charge is 0.271 e. The number of nitrogens with one attached hydrogen (secondary N) is 1. The van der Waals surface area contributed by atoms with E-state index in [4.69, 9.17) is 0 Å². The second kappa shape index (κ2) is 8.89. The second-order valence-electron chi connectivity index (χ2n) is 6.72. The van der Waals surface area contributed by atoms with Crippen LogP contribution in [0.3, 0.4) is 0 Å². The molecular weight excluding hydrogens is 370 g/mol. The predicted molar refractivity (Wildman–Crippen MR) is 113 cm³/mol. The zero-order valence-electron chi connectivity index (χ0n) is 16.2. The molecule has 1 aromatic heterocycles. The molecule has 144 valence electrons. The van der Waals surface area contributed by atoms with Gasteiger partial charge in [0.25, 0.3) is 5.56 Å². The Hall–Kier alpha value is -2.86. The Morgan fingerprint density at radius 2 is 1.61 bits per heavy atom. The topological polar surface area (TPSA) is 64.0 Å². The number of nitrogens with zero attached hydrogens (tertiary/aromatic N) is 2. The Bertz CT molecular complexity index is 1010. The molecule has 1 atom stereocenters. The lowest BCUT2D eigenvalue weighted by Gasteiger charge is -2.13. The highest BCUT2D eigenvalue weighted by Gasteiger charge is 2.16. The van der Waals surface area contributed by atoms with Gasteiger partial charge in [0.2, 0.25) is 5.91 Å². The van der Waals surface area contributed by atoms with E-state index in [1.54, 1.807) is 6.07 Å². The number of aryl methyl sites for hydroxylation is 2. The van der Waals surface area contributed by atoms with Gasteiger partial charge in [0.1, 0.15) is 5.03 Å². The van der Waals surface area contributed by atoms with Gasteiger partial charge in [-0.3, -0.25) is 9.59 Å². The van der Waals surface area contributed by atoms with E-state index >= 15 is 0 Å². The summed E-state index contributed by atoms with van der Waals surface area (Å²) in [5.74, 6) is -0.0690. The van der Waals surface area contributed by atoms with Gasteiger partial charge in [-0.1, -0.05) is 59.3 Å². The number of carbonyl (C=O) groups excluding carboxylic acids is 1. The van der Waals surface area contributed by atoms with Crippen LogP contribution in [0.15, 0.2) is 70.5 Å². The first kappa shape index (κ1) is 19.9. The molecule has 0 bridgehead atoms. The Balaban J connectivity index is 1.66. The Labute approximate surface area is 168 Å². The van der Waals surface area contributed by atoms with Gasteiger partial charge in [-0.05, 0) is 44.5 Å². The molecule has 3 rings (SSSR count). The second-order valence-corrected chi connectivity index (χ2v) is 8.08. The highest BCUT2D eigenvalue weighted by Crippen LogP contribution is 2.20. The molecule has 0 unspecified atom stereocenters. The first-order valence-corrected chi connectivity index (χ1v) is 9.98. The molecular formula is C22H23N3O2S. The molecule has 0 saturated heterocycles. The molecule has 3 aromatic rings. The summed E-state index contributed by atoms with van der Waals surface area (Å²) in [4.78, 5) is 24.6. The fraction of sp³-hybridized carbons (Fsp3) is 0.227. The largest absolute Gasteiger partial charge is 0.351 e. The number of rotatable bonds is 6. The lowest BCUT2D eigenvalue weighted by Crippen LogP contribution is -2.30. The Morgan fingerprint density at radius 1 is 1.00 bits per heavy atom. The van der Waals surface area contributed by atoms with Crippen LogP contribution in [0.5, 0.6) is 0 Å². The van der Waals surface area contributed by atoms with Crippen molar-refractivity contribution in [2.45, 2.75) is 37.6 Å². The maximum absolute atomic E-state index is 12.4. The first-order valence-electron chi connectivity index (χ1n) is 9.10. The monoisotopic (exact) mass is 393 g/mol. The van der Waals surface area contributed by atoms with Crippen molar-refractivity contribution >= 4 is 17.7 Å². The first-order chi connectivity index (χ1) is 13.4. The lowest BCUT2D eigenvalue weighted by atomic mass is 10.1. The van der Waals surface area contributed by atoms with Gasteiger partial charge in [0.05, 0.1) is 10.9 Å². The molecule has 1 N–H and O–H groups in total. The average molecular weight is 394 g/mol. The highest BCUT2D eigenvalue weighted by atomic mass is 32.2. The van der Waals surface area contributed by atoms with Crippen molar-refractivity contribution in [3.63, 3.8) is 0 Å². The van der Waals surface area contributed by atoms with Crippen LogP contribution in [-0.2, 0) is 11.3 Å². The van der Waals surface area contributed by atoms with E-state index in [0.29, 0.717) is 17.3 Å². The minimum absolute atomic E-state index is 0.0690. The van der Waals surface area contributed by atoms with Crippen molar-refractivity contribution in [1.29, 1.82) is 0 Å². The minimum Gasteiger partial charge on any atom is -0.351 e. The Morgan fingerprint density at radius 3 is 2.25 bits per heavy atom. The van der Waals surface area contributed by atoms with Crippen LogP contribution >= 0.6 is 11.8 Å². The number of thioether (sulfide) groups is 1. The lowest BCUT2D eigenvalue weighted by molar-refractivity contribution is -0.120. The molecule has 0 spiro atoms. The zero-order valence-corrected chi connectivity index (χ0v) is 17.0. The summed E-state index contributed by atoms with van der Waals surface area (Å²) in [6.45, 7) is 6.34. The summed E-state index contributed by atoms with van der Waals surface area (Å²) in [6.07, 6.45) is 0. The standard InChI is InChI=1S/C22H23N3O2S/c1-15-4-8-18(9-5-15)14-23-22(27)17(3)28-20-12-13-21(26)25(24-20)19-10-6-16(2)7-11-19/h4-13,17H,14H2,1-3H3,(H,23,27)/t17-/m0/s1. The van der Waals surface area contributed by atoms with Gasteiger partial charge in [0.15, 0.2) is 0 Å².